The lowest BCUT2D eigenvalue weighted by Crippen LogP contribution is -2.36. The van der Waals surface area contributed by atoms with Crippen LogP contribution in [0.5, 0.6) is 5.75 Å². The monoisotopic (exact) mass is 461 g/mol. The average Bonchev–Trinajstić information content (AvgIpc) is 3.56. The predicted octanol–water partition coefficient (Wildman–Crippen LogP) is 0.891. The minimum atomic E-state index is -0.614. The molecule has 2 aliphatic rings. The number of carbonyl (C=O) groups excluding carboxylic acids is 3. The van der Waals surface area contributed by atoms with Crippen molar-refractivity contribution in [3.63, 3.8) is 0 Å². The van der Waals surface area contributed by atoms with Gasteiger partial charge < -0.3 is 19.4 Å². The quantitative estimate of drug-likeness (QED) is 0.536. The van der Waals surface area contributed by atoms with Crippen molar-refractivity contribution >= 4 is 23.4 Å². The molecule has 1 saturated heterocycles. The van der Waals surface area contributed by atoms with Crippen molar-refractivity contribution in [3.05, 3.63) is 59.9 Å². The number of benzene rings is 2. The number of fused-ring (bicyclic) bond motifs is 1. The Balaban J connectivity index is 1.26. The maximum atomic E-state index is 13.1. The predicted molar refractivity (Wildman–Crippen MR) is 120 cm³/mol. The molecule has 5 rings (SSSR count). The maximum Gasteiger partial charge on any atom is 0.268 e. The van der Waals surface area contributed by atoms with E-state index in [0.29, 0.717) is 36.5 Å². The summed E-state index contributed by atoms with van der Waals surface area (Å²) in [5.74, 6) is 0.0770. The van der Waals surface area contributed by atoms with Crippen LogP contribution in [0.15, 0.2) is 48.8 Å². The van der Waals surface area contributed by atoms with E-state index in [0.717, 1.165) is 11.3 Å². The number of aromatic nitrogens is 4. The Kier molecular flexibility index (Phi) is 5.44. The van der Waals surface area contributed by atoms with Gasteiger partial charge in [-0.15, -0.1) is 5.10 Å². The van der Waals surface area contributed by atoms with Crippen molar-refractivity contribution in [2.24, 2.45) is 0 Å². The number of nitrogens with zero attached hydrogens (tertiary/aromatic N) is 7. The molecule has 1 aromatic heterocycles. The topological polar surface area (TPSA) is 114 Å². The molecule has 3 amide bonds. The molecule has 0 spiro atoms. The van der Waals surface area contributed by atoms with Crippen LogP contribution in [-0.2, 0) is 16.1 Å². The molecule has 0 aliphatic carbocycles. The van der Waals surface area contributed by atoms with Gasteiger partial charge in [0, 0.05) is 44.9 Å². The van der Waals surface area contributed by atoms with Gasteiger partial charge >= 0.3 is 0 Å². The zero-order valence-corrected chi connectivity index (χ0v) is 18.8. The van der Waals surface area contributed by atoms with Crippen LogP contribution in [0.2, 0.25) is 0 Å². The number of hydrogen-bond acceptors (Lipinski definition) is 7. The molecule has 0 unspecified atom stereocenters. The van der Waals surface area contributed by atoms with E-state index in [-0.39, 0.29) is 24.3 Å². The van der Waals surface area contributed by atoms with Gasteiger partial charge in [0.2, 0.25) is 5.91 Å². The Morgan fingerprint density at radius 3 is 2.59 bits per heavy atom. The van der Waals surface area contributed by atoms with Crippen LogP contribution in [0.1, 0.15) is 22.3 Å². The molecule has 11 heteroatoms. The number of tetrazole rings is 1. The van der Waals surface area contributed by atoms with Gasteiger partial charge in [0.15, 0.2) is 6.10 Å². The highest BCUT2D eigenvalue weighted by molar-refractivity contribution is 6.03. The molecule has 34 heavy (non-hydrogen) atoms. The van der Waals surface area contributed by atoms with Crippen LogP contribution in [0, 0.1) is 0 Å². The lowest BCUT2D eigenvalue weighted by Gasteiger charge is -2.18. The van der Waals surface area contributed by atoms with Crippen molar-refractivity contribution < 1.29 is 19.1 Å². The van der Waals surface area contributed by atoms with Crippen LogP contribution >= 0.6 is 0 Å². The zero-order valence-electron chi connectivity index (χ0n) is 18.8. The van der Waals surface area contributed by atoms with Gasteiger partial charge in [-0.25, -0.2) is 4.68 Å². The molecule has 11 nitrogen and oxygen atoms in total. The molecule has 174 valence electrons. The van der Waals surface area contributed by atoms with E-state index in [9.17, 15) is 14.4 Å². The van der Waals surface area contributed by atoms with Crippen LogP contribution in [-0.4, -0.2) is 81.0 Å². The highest BCUT2D eigenvalue weighted by Crippen LogP contribution is 2.30. The Morgan fingerprint density at radius 1 is 1.12 bits per heavy atom. The van der Waals surface area contributed by atoms with E-state index >= 15 is 0 Å². The summed E-state index contributed by atoms with van der Waals surface area (Å²) in [5.41, 5.74) is 2.81. The first-order chi connectivity index (χ1) is 16.4. The number of amides is 3. The van der Waals surface area contributed by atoms with E-state index in [1.54, 1.807) is 37.2 Å². The Bertz CT molecular complexity index is 1240. The van der Waals surface area contributed by atoms with Crippen molar-refractivity contribution in [2.45, 2.75) is 19.1 Å². The molecule has 2 aliphatic heterocycles. The maximum absolute atomic E-state index is 13.1. The molecule has 0 saturated carbocycles. The Labute approximate surface area is 195 Å². The van der Waals surface area contributed by atoms with Crippen molar-refractivity contribution in [1.82, 2.24) is 30.0 Å². The lowest BCUT2D eigenvalue weighted by molar-refractivity contribution is -0.129. The van der Waals surface area contributed by atoms with E-state index in [4.69, 9.17) is 4.74 Å². The van der Waals surface area contributed by atoms with E-state index in [1.807, 2.05) is 24.3 Å². The van der Waals surface area contributed by atoms with Gasteiger partial charge in [-0.05, 0) is 52.4 Å². The molecular formula is C23H23N7O4. The third-order valence-electron chi connectivity index (χ3n) is 5.99. The van der Waals surface area contributed by atoms with Gasteiger partial charge in [0.25, 0.3) is 11.8 Å². The van der Waals surface area contributed by atoms with E-state index in [2.05, 4.69) is 15.5 Å². The summed E-state index contributed by atoms with van der Waals surface area (Å²) in [4.78, 5) is 42.5. The summed E-state index contributed by atoms with van der Waals surface area (Å²) in [6, 6.07) is 12.6. The zero-order chi connectivity index (χ0) is 23.8. The normalized spacial score (nSPS) is 17.3. The molecular weight excluding hydrogens is 438 g/mol. The molecule has 3 heterocycles. The summed E-state index contributed by atoms with van der Waals surface area (Å²) in [7, 11) is 3.32. The van der Waals surface area contributed by atoms with Crippen LogP contribution < -0.4 is 9.64 Å². The van der Waals surface area contributed by atoms with Crippen molar-refractivity contribution in [3.8, 4) is 11.4 Å². The third kappa shape index (κ3) is 3.96. The van der Waals surface area contributed by atoms with E-state index in [1.165, 1.54) is 20.8 Å². The molecule has 1 fully saturated rings. The fourth-order valence-corrected chi connectivity index (χ4v) is 4.09. The summed E-state index contributed by atoms with van der Waals surface area (Å²) < 4.78 is 7.47. The number of anilines is 1. The lowest BCUT2D eigenvalue weighted by atomic mass is 10.1. The molecule has 0 bridgehead atoms. The highest BCUT2D eigenvalue weighted by Gasteiger charge is 2.36. The van der Waals surface area contributed by atoms with Gasteiger partial charge in [-0.1, -0.05) is 6.07 Å². The first kappa shape index (κ1) is 21.6. The van der Waals surface area contributed by atoms with Crippen LogP contribution in [0.4, 0.5) is 5.69 Å². The summed E-state index contributed by atoms with van der Waals surface area (Å²) >= 11 is 0. The largest absolute Gasteiger partial charge is 0.481 e. The van der Waals surface area contributed by atoms with E-state index < -0.39 is 6.10 Å². The molecule has 0 radical (unpaired) electrons. The third-order valence-corrected chi connectivity index (χ3v) is 5.99. The fourth-order valence-electron chi connectivity index (χ4n) is 4.09. The summed E-state index contributed by atoms with van der Waals surface area (Å²) in [5, 5.41) is 11.1. The first-order valence-corrected chi connectivity index (χ1v) is 10.8. The molecule has 3 aromatic rings. The second kappa shape index (κ2) is 8.58. The number of hydrogen-bond donors (Lipinski definition) is 0. The highest BCUT2D eigenvalue weighted by atomic mass is 16.5. The van der Waals surface area contributed by atoms with Crippen LogP contribution in [0.25, 0.3) is 5.69 Å². The number of rotatable bonds is 6. The number of ether oxygens (including phenoxy) is 1. The SMILES string of the molecule is CN(C)C(=O)CN1Cc2ccc(N3CC[C@@H](Oc4ccc(-n5cnnn5)cc4)C3=O)cc2C1=O. The Morgan fingerprint density at radius 2 is 1.88 bits per heavy atom. The summed E-state index contributed by atoms with van der Waals surface area (Å²) in [6.07, 6.45) is 1.41. The van der Waals surface area contributed by atoms with Gasteiger partial charge in [-0.2, -0.15) is 0 Å². The Hall–Kier alpha value is -4.28. The first-order valence-electron chi connectivity index (χ1n) is 10.8. The molecule has 1 atom stereocenters. The second-order valence-electron chi connectivity index (χ2n) is 8.42. The number of carbonyl (C=O) groups is 3. The standard InChI is InChI=1S/C23H23N7O4/c1-27(2)21(31)13-28-12-15-3-4-17(11-19(15)22(28)32)29-10-9-20(23(29)33)34-18-7-5-16(6-8-18)30-14-24-25-26-30/h3-8,11,14,20H,9-10,12-13H2,1-2H3/t20-/m1/s1. The minimum Gasteiger partial charge on any atom is -0.481 e. The fraction of sp³-hybridized carbons (Fsp3) is 0.304. The number of likely N-dealkylation sites (N-methyl/N-ethyl adjacent to an activating group) is 1. The van der Waals surface area contributed by atoms with Gasteiger partial charge in [0.05, 0.1) is 5.69 Å². The van der Waals surface area contributed by atoms with Gasteiger partial charge in [-0.3, -0.25) is 14.4 Å². The van der Waals surface area contributed by atoms with Crippen molar-refractivity contribution in [1.29, 1.82) is 0 Å². The molecule has 0 N–H and O–H groups in total. The second-order valence-corrected chi connectivity index (χ2v) is 8.42. The summed E-state index contributed by atoms with van der Waals surface area (Å²) in [6.45, 7) is 0.900. The average molecular weight is 461 g/mol. The smallest absolute Gasteiger partial charge is 0.268 e. The van der Waals surface area contributed by atoms with Crippen molar-refractivity contribution in [2.75, 3.05) is 32.1 Å². The molecule has 2 aromatic carbocycles. The minimum absolute atomic E-state index is 0.0284. The van der Waals surface area contributed by atoms with Gasteiger partial charge in [0.1, 0.15) is 18.6 Å². The van der Waals surface area contributed by atoms with Crippen LogP contribution in [0.3, 0.4) is 0 Å².